The monoisotopic (exact) mass is 277 g/mol. The Balaban J connectivity index is 4.14. The van der Waals surface area contributed by atoms with Crippen molar-refractivity contribution in [2.75, 3.05) is 5.88 Å². The van der Waals surface area contributed by atoms with E-state index in [1.165, 1.54) is 0 Å². The topological polar surface area (TPSA) is 19.9 Å². The summed E-state index contributed by atoms with van der Waals surface area (Å²) in [6.07, 6.45) is 0. The van der Waals surface area contributed by atoms with E-state index in [4.69, 9.17) is 11.6 Å². The van der Waals surface area contributed by atoms with E-state index in [2.05, 4.69) is 31.9 Å². The predicted molar refractivity (Wildman–Crippen MR) is 45.8 cm³/mol. The SMILES string of the molecule is CC(C)(CCl)C([O])(Br)Br. The van der Waals surface area contributed by atoms with E-state index in [-0.39, 0.29) is 0 Å². The third-order valence-corrected chi connectivity index (χ3v) is 3.94. The molecule has 0 aromatic carbocycles. The van der Waals surface area contributed by atoms with Crippen LogP contribution in [0.4, 0.5) is 0 Å². The average Bonchev–Trinajstić information content (AvgIpc) is 1.64. The quantitative estimate of drug-likeness (QED) is 0.692. The van der Waals surface area contributed by atoms with Crippen LogP contribution in [-0.4, -0.2) is 9.30 Å². The van der Waals surface area contributed by atoms with Crippen LogP contribution in [0.25, 0.3) is 0 Å². The molecule has 0 aromatic heterocycles. The second kappa shape index (κ2) is 3.07. The lowest BCUT2D eigenvalue weighted by atomic mass is 9.98. The van der Waals surface area contributed by atoms with E-state index < -0.39 is 8.83 Å². The van der Waals surface area contributed by atoms with Gasteiger partial charge in [-0.2, -0.15) is 0 Å². The minimum atomic E-state index is -1.31. The fourth-order valence-corrected chi connectivity index (χ4v) is 0.869. The lowest BCUT2D eigenvalue weighted by Crippen LogP contribution is -2.33. The van der Waals surface area contributed by atoms with E-state index in [0.29, 0.717) is 5.88 Å². The van der Waals surface area contributed by atoms with Gasteiger partial charge >= 0.3 is 0 Å². The summed E-state index contributed by atoms with van der Waals surface area (Å²) in [7, 11) is 0. The van der Waals surface area contributed by atoms with Gasteiger partial charge in [0.25, 0.3) is 0 Å². The van der Waals surface area contributed by atoms with Gasteiger partial charge in [-0.1, -0.05) is 13.8 Å². The molecule has 0 spiro atoms. The zero-order chi connectivity index (χ0) is 7.71. The van der Waals surface area contributed by atoms with Crippen molar-refractivity contribution in [1.29, 1.82) is 0 Å². The molecular weight excluding hydrogens is 271 g/mol. The summed E-state index contributed by atoms with van der Waals surface area (Å²) in [4.78, 5) is 0. The summed E-state index contributed by atoms with van der Waals surface area (Å²) >= 11 is 11.4. The van der Waals surface area contributed by atoms with Gasteiger partial charge in [0.05, 0.1) is 0 Å². The first-order valence-corrected chi connectivity index (χ1v) is 4.57. The van der Waals surface area contributed by atoms with Gasteiger partial charge in [0.2, 0.25) is 3.42 Å². The Hall–Kier alpha value is 1.21. The highest BCUT2D eigenvalue weighted by atomic mass is 79.9. The Morgan fingerprint density at radius 2 is 1.78 bits per heavy atom. The van der Waals surface area contributed by atoms with Crippen LogP contribution in [0.2, 0.25) is 0 Å². The lowest BCUT2D eigenvalue weighted by Gasteiger charge is -2.28. The standard InChI is InChI=1S/C5H8Br2ClO/c1-4(2,3-8)5(6,7)9/h3H2,1-2H3. The third-order valence-electron chi connectivity index (χ3n) is 1.12. The molecule has 0 bridgehead atoms. The molecule has 0 rings (SSSR count). The molecule has 0 aliphatic carbocycles. The summed E-state index contributed by atoms with van der Waals surface area (Å²) in [6.45, 7) is 3.58. The van der Waals surface area contributed by atoms with E-state index in [0.717, 1.165) is 0 Å². The highest BCUT2D eigenvalue weighted by Gasteiger charge is 2.40. The van der Waals surface area contributed by atoms with Crippen LogP contribution >= 0.6 is 43.5 Å². The molecule has 0 heterocycles. The summed E-state index contributed by atoms with van der Waals surface area (Å²) < 4.78 is -1.31. The van der Waals surface area contributed by atoms with Gasteiger partial charge in [-0.3, -0.25) is 0 Å². The summed E-state index contributed by atoms with van der Waals surface area (Å²) in [5.74, 6) is 0.326. The molecule has 0 aromatic rings. The van der Waals surface area contributed by atoms with Gasteiger partial charge in [-0.05, 0) is 31.9 Å². The summed E-state index contributed by atoms with van der Waals surface area (Å²) in [5, 5.41) is 11.1. The van der Waals surface area contributed by atoms with Gasteiger partial charge in [0, 0.05) is 11.3 Å². The Morgan fingerprint density at radius 3 is 1.78 bits per heavy atom. The molecule has 0 saturated heterocycles. The van der Waals surface area contributed by atoms with Gasteiger partial charge in [0.1, 0.15) is 0 Å². The normalized spacial score (nSPS) is 14.0. The van der Waals surface area contributed by atoms with E-state index >= 15 is 0 Å². The van der Waals surface area contributed by atoms with Gasteiger partial charge in [-0.25, -0.2) is 5.11 Å². The maximum atomic E-state index is 11.1. The van der Waals surface area contributed by atoms with Gasteiger partial charge < -0.3 is 0 Å². The van der Waals surface area contributed by atoms with Crippen LogP contribution in [0.1, 0.15) is 13.8 Å². The Morgan fingerprint density at radius 1 is 1.44 bits per heavy atom. The molecule has 0 aliphatic heterocycles. The molecule has 1 radical (unpaired) electrons. The zero-order valence-electron chi connectivity index (χ0n) is 5.25. The first kappa shape index (κ1) is 10.2. The molecule has 55 valence electrons. The Labute approximate surface area is 77.0 Å². The second-order valence-corrected chi connectivity index (χ2v) is 6.10. The fourth-order valence-electron chi connectivity index (χ4n) is 0.0778. The molecule has 9 heavy (non-hydrogen) atoms. The Bertz CT molecular complexity index is 97.6. The third kappa shape index (κ3) is 2.74. The Kier molecular flexibility index (Phi) is 3.49. The number of alkyl halides is 3. The van der Waals surface area contributed by atoms with Gasteiger partial charge in [-0.15, -0.1) is 11.6 Å². The zero-order valence-corrected chi connectivity index (χ0v) is 9.18. The number of hydrogen-bond donors (Lipinski definition) is 0. The first-order valence-electron chi connectivity index (χ1n) is 2.45. The predicted octanol–water partition coefficient (Wildman–Crippen LogP) is 3.13. The highest BCUT2D eigenvalue weighted by molar-refractivity contribution is 9.25. The minimum absolute atomic E-state index is 0.326. The number of halogens is 3. The van der Waals surface area contributed by atoms with Gasteiger partial charge in [0.15, 0.2) is 0 Å². The first-order chi connectivity index (χ1) is 3.81. The molecule has 0 saturated carbocycles. The molecule has 0 aliphatic rings. The van der Waals surface area contributed by atoms with Crippen LogP contribution in [0.3, 0.4) is 0 Å². The van der Waals surface area contributed by atoms with Crippen molar-refractivity contribution in [2.45, 2.75) is 17.3 Å². The molecule has 0 unspecified atom stereocenters. The molecular formula is C5H8Br2ClO. The van der Waals surface area contributed by atoms with Crippen LogP contribution in [0.15, 0.2) is 0 Å². The molecule has 0 amide bonds. The van der Waals surface area contributed by atoms with Crippen molar-refractivity contribution in [3.8, 4) is 0 Å². The smallest absolute Gasteiger partial charge is 0.204 e. The molecule has 0 N–H and O–H groups in total. The van der Waals surface area contributed by atoms with Crippen molar-refractivity contribution in [3.05, 3.63) is 0 Å². The largest absolute Gasteiger partial charge is 0.218 e. The van der Waals surface area contributed by atoms with E-state index in [1.807, 2.05) is 0 Å². The van der Waals surface area contributed by atoms with Crippen molar-refractivity contribution in [3.63, 3.8) is 0 Å². The van der Waals surface area contributed by atoms with Crippen LogP contribution in [0, 0.1) is 5.41 Å². The average molecular weight is 279 g/mol. The van der Waals surface area contributed by atoms with Crippen molar-refractivity contribution in [2.24, 2.45) is 5.41 Å². The van der Waals surface area contributed by atoms with Crippen molar-refractivity contribution < 1.29 is 5.11 Å². The van der Waals surface area contributed by atoms with Crippen molar-refractivity contribution >= 4 is 43.5 Å². The minimum Gasteiger partial charge on any atom is -0.204 e. The fraction of sp³-hybridized carbons (Fsp3) is 1.00. The van der Waals surface area contributed by atoms with Crippen LogP contribution in [-0.2, 0) is 5.11 Å². The van der Waals surface area contributed by atoms with E-state index in [9.17, 15) is 5.11 Å². The number of hydrogen-bond acceptors (Lipinski definition) is 0. The molecule has 1 nitrogen and oxygen atoms in total. The molecule has 0 atom stereocenters. The van der Waals surface area contributed by atoms with E-state index in [1.54, 1.807) is 13.8 Å². The van der Waals surface area contributed by atoms with Crippen LogP contribution < -0.4 is 0 Å². The summed E-state index contributed by atoms with van der Waals surface area (Å²) in [6, 6.07) is 0. The summed E-state index contributed by atoms with van der Waals surface area (Å²) in [5.41, 5.74) is -0.478. The highest BCUT2D eigenvalue weighted by Crippen LogP contribution is 2.42. The maximum Gasteiger partial charge on any atom is 0.218 e. The lowest BCUT2D eigenvalue weighted by molar-refractivity contribution is 0.0575. The van der Waals surface area contributed by atoms with Crippen molar-refractivity contribution in [1.82, 2.24) is 0 Å². The molecule has 0 fully saturated rings. The second-order valence-electron chi connectivity index (χ2n) is 2.53. The molecule has 4 heteroatoms. The van der Waals surface area contributed by atoms with Crippen LogP contribution in [0.5, 0.6) is 0 Å². The number of rotatable bonds is 2. The maximum absolute atomic E-state index is 11.1.